The van der Waals surface area contributed by atoms with Crippen LogP contribution < -0.4 is 5.32 Å². The zero-order valence-corrected chi connectivity index (χ0v) is 21.3. The summed E-state index contributed by atoms with van der Waals surface area (Å²) in [5.41, 5.74) is 2.47. The summed E-state index contributed by atoms with van der Waals surface area (Å²) in [6.07, 6.45) is 2.36. The van der Waals surface area contributed by atoms with Crippen molar-refractivity contribution in [3.05, 3.63) is 80.9 Å². The predicted octanol–water partition coefficient (Wildman–Crippen LogP) is 7.07. The van der Waals surface area contributed by atoms with Crippen LogP contribution in [0.2, 0.25) is 0 Å². The lowest BCUT2D eigenvalue weighted by Gasteiger charge is -2.32. The molecule has 0 aliphatic carbocycles. The van der Waals surface area contributed by atoms with Gasteiger partial charge in [-0.15, -0.1) is 24.8 Å². The molecule has 2 aromatic carbocycles. The molecule has 1 aliphatic rings. The highest BCUT2D eigenvalue weighted by atomic mass is 79.9. The summed E-state index contributed by atoms with van der Waals surface area (Å²) in [5.74, 6) is 1.88. The van der Waals surface area contributed by atoms with Crippen molar-refractivity contribution < 1.29 is 4.42 Å². The SMILES string of the molecule is Brc1ccc(-c2ccc(CNC3CCN(Cc4ccccc4)CC3)o2)c(Br)c1.Cl.Cl. The van der Waals surface area contributed by atoms with Crippen molar-refractivity contribution in [3.8, 4) is 11.3 Å². The van der Waals surface area contributed by atoms with Gasteiger partial charge in [0, 0.05) is 27.1 Å². The quantitative estimate of drug-likeness (QED) is 0.340. The Morgan fingerprint density at radius 2 is 1.67 bits per heavy atom. The van der Waals surface area contributed by atoms with E-state index in [0.717, 1.165) is 52.2 Å². The number of likely N-dealkylation sites (tertiary alicyclic amines) is 1. The Labute approximate surface area is 207 Å². The van der Waals surface area contributed by atoms with Crippen LogP contribution >= 0.6 is 56.7 Å². The minimum Gasteiger partial charge on any atom is -0.460 e. The summed E-state index contributed by atoms with van der Waals surface area (Å²) in [6, 6.07) is 21.5. The van der Waals surface area contributed by atoms with E-state index >= 15 is 0 Å². The first-order chi connectivity index (χ1) is 13.7. The van der Waals surface area contributed by atoms with Crippen LogP contribution in [0.25, 0.3) is 11.3 Å². The molecule has 4 rings (SSSR count). The van der Waals surface area contributed by atoms with E-state index in [1.54, 1.807) is 0 Å². The summed E-state index contributed by atoms with van der Waals surface area (Å²) in [4.78, 5) is 2.55. The van der Waals surface area contributed by atoms with Gasteiger partial charge in [-0.25, -0.2) is 0 Å². The number of hydrogen-bond donors (Lipinski definition) is 1. The van der Waals surface area contributed by atoms with Crippen LogP contribution in [0.3, 0.4) is 0 Å². The van der Waals surface area contributed by atoms with Crippen LogP contribution in [0.1, 0.15) is 24.2 Å². The zero-order valence-electron chi connectivity index (χ0n) is 16.5. The van der Waals surface area contributed by atoms with Gasteiger partial charge in [0.25, 0.3) is 0 Å². The minimum absolute atomic E-state index is 0. The van der Waals surface area contributed by atoms with Gasteiger partial charge >= 0.3 is 0 Å². The molecule has 2 heterocycles. The second-order valence-electron chi connectivity index (χ2n) is 7.31. The van der Waals surface area contributed by atoms with Gasteiger partial charge in [0.15, 0.2) is 0 Å². The van der Waals surface area contributed by atoms with Gasteiger partial charge in [0.05, 0.1) is 6.54 Å². The molecule has 0 amide bonds. The first kappa shape index (κ1) is 25.4. The smallest absolute Gasteiger partial charge is 0.135 e. The van der Waals surface area contributed by atoms with E-state index in [-0.39, 0.29) is 24.8 Å². The molecule has 7 heteroatoms. The molecule has 3 nitrogen and oxygen atoms in total. The van der Waals surface area contributed by atoms with Crippen LogP contribution in [0.15, 0.2) is 74.0 Å². The second kappa shape index (κ2) is 12.3. The van der Waals surface area contributed by atoms with E-state index in [2.05, 4.69) is 84.5 Å². The summed E-state index contributed by atoms with van der Waals surface area (Å²) >= 11 is 7.11. The van der Waals surface area contributed by atoms with Gasteiger partial charge in [0.1, 0.15) is 11.5 Å². The highest BCUT2D eigenvalue weighted by molar-refractivity contribution is 9.11. The maximum absolute atomic E-state index is 6.06. The van der Waals surface area contributed by atoms with Crippen molar-refractivity contribution in [2.75, 3.05) is 13.1 Å². The molecule has 0 atom stereocenters. The number of piperidine rings is 1. The van der Waals surface area contributed by atoms with Crippen molar-refractivity contribution in [2.45, 2.75) is 32.0 Å². The van der Waals surface area contributed by atoms with E-state index in [1.165, 1.54) is 18.4 Å². The highest BCUT2D eigenvalue weighted by Gasteiger charge is 2.19. The lowest BCUT2D eigenvalue weighted by molar-refractivity contribution is 0.189. The largest absolute Gasteiger partial charge is 0.460 e. The van der Waals surface area contributed by atoms with Crippen molar-refractivity contribution in [1.82, 2.24) is 10.2 Å². The Morgan fingerprint density at radius 3 is 2.37 bits per heavy atom. The maximum Gasteiger partial charge on any atom is 0.135 e. The Kier molecular flexibility index (Phi) is 10.4. The molecule has 30 heavy (non-hydrogen) atoms. The lowest BCUT2D eigenvalue weighted by Crippen LogP contribution is -2.41. The van der Waals surface area contributed by atoms with E-state index in [0.29, 0.717) is 6.04 Å². The Hall–Kier alpha value is -0.820. The van der Waals surface area contributed by atoms with Crippen LogP contribution in [-0.4, -0.2) is 24.0 Å². The molecule has 0 saturated carbocycles. The second-order valence-corrected chi connectivity index (χ2v) is 9.08. The van der Waals surface area contributed by atoms with Crippen LogP contribution in [-0.2, 0) is 13.1 Å². The number of nitrogens with zero attached hydrogens (tertiary/aromatic N) is 1. The summed E-state index contributed by atoms with van der Waals surface area (Å²) in [6.45, 7) is 4.11. The Morgan fingerprint density at radius 1 is 0.933 bits per heavy atom. The van der Waals surface area contributed by atoms with E-state index in [4.69, 9.17) is 4.42 Å². The van der Waals surface area contributed by atoms with Gasteiger partial charge in [-0.05, 0) is 77.8 Å². The van der Waals surface area contributed by atoms with Crippen LogP contribution in [0.4, 0.5) is 0 Å². The summed E-state index contributed by atoms with van der Waals surface area (Å²) in [7, 11) is 0. The van der Waals surface area contributed by atoms with Crippen LogP contribution in [0, 0.1) is 0 Å². The van der Waals surface area contributed by atoms with Gasteiger partial charge < -0.3 is 9.73 Å². The topological polar surface area (TPSA) is 28.4 Å². The molecule has 0 spiro atoms. The van der Waals surface area contributed by atoms with Gasteiger partial charge in [-0.3, -0.25) is 4.90 Å². The van der Waals surface area contributed by atoms with Crippen molar-refractivity contribution in [2.24, 2.45) is 0 Å². The minimum atomic E-state index is 0. The molecule has 3 aromatic rings. The number of benzene rings is 2. The average molecular weight is 577 g/mol. The molecule has 0 bridgehead atoms. The first-order valence-corrected chi connectivity index (χ1v) is 11.3. The maximum atomic E-state index is 6.06. The van der Waals surface area contributed by atoms with Gasteiger partial charge in [-0.2, -0.15) is 0 Å². The van der Waals surface area contributed by atoms with E-state index < -0.39 is 0 Å². The highest BCUT2D eigenvalue weighted by Crippen LogP contribution is 2.32. The third-order valence-electron chi connectivity index (χ3n) is 5.26. The number of hydrogen-bond acceptors (Lipinski definition) is 3. The molecular formula is C23H26Br2Cl2N2O. The molecule has 1 fully saturated rings. The number of halogens is 4. The fourth-order valence-corrected chi connectivity index (χ4v) is 4.93. The van der Waals surface area contributed by atoms with E-state index in [9.17, 15) is 0 Å². The Balaban J connectivity index is 0.00000160. The molecule has 0 unspecified atom stereocenters. The van der Waals surface area contributed by atoms with Gasteiger partial charge in [0.2, 0.25) is 0 Å². The molecular weight excluding hydrogens is 551 g/mol. The molecule has 0 radical (unpaired) electrons. The van der Waals surface area contributed by atoms with Crippen molar-refractivity contribution in [1.29, 1.82) is 0 Å². The standard InChI is InChI=1S/C23H24Br2N2O.2ClH/c24-18-6-8-21(22(25)14-18)23-9-7-20(28-23)15-26-19-10-12-27(13-11-19)16-17-4-2-1-3-5-17;;/h1-9,14,19,26H,10-13,15-16H2;2*1H. The summed E-state index contributed by atoms with van der Waals surface area (Å²) in [5, 5.41) is 3.67. The first-order valence-electron chi connectivity index (χ1n) is 9.71. The van der Waals surface area contributed by atoms with E-state index in [1.807, 2.05) is 18.2 Å². The Bertz CT molecular complexity index is 913. The number of furan rings is 1. The average Bonchev–Trinajstić information content (AvgIpc) is 3.17. The predicted molar refractivity (Wildman–Crippen MR) is 136 cm³/mol. The third kappa shape index (κ3) is 6.84. The summed E-state index contributed by atoms with van der Waals surface area (Å²) < 4.78 is 8.14. The monoisotopic (exact) mass is 574 g/mol. The van der Waals surface area contributed by atoms with Crippen LogP contribution in [0.5, 0.6) is 0 Å². The fourth-order valence-electron chi connectivity index (χ4n) is 3.69. The molecule has 1 N–H and O–H groups in total. The molecule has 1 aliphatic heterocycles. The molecule has 162 valence electrons. The zero-order chi connectivity index (χ0) is 19.3. The fraction of sp³-hybridized carbons (Fsp3) is 0.304. The molecule has 1 aromatic heterocycles. The number of nitrogens with one attached hydrogen (secondary N) is 1. The number of rotatable bonds is 6. The van der Waals surface area contributed by atoms with Crippen molar-refractivity contribution in [3.63, 3.8) is 0 Å². The third-order valence-corrected chi connectivity index (χ3v) is 6.41. The normalized spacial score (nSPS) is 14.7. The lowest BCUT2D eigenvalue weighted by atomic mass is 10.0. The molecule has 1 saturated heterocycles. The van der Waals surface area contributed by atoms with Gasteiger partial charge in [-0.1, -0.05) is 46.3 Å². The van der Waals surface area contributed by atoms with Crippen molar-refractivity contribution >= 4 is 56.7 Å².